The van der Waals surface area contributed by atoms with Crippen molar-refractivity contribution in [3.05, 3.63) is 65.2 Å². The lowest BCUT2D eigenvalue weighted by Gasteiger charge is -2.17. The van der Waals surface area contributed by atoms with Crippen molar-refractivity contribution >= 4 is 17.6 Å². The highest BCUT2D eigenvalue weighted by Gasteiger charge is 2.14. The minimum absolute atomic E-state index is 0.237. The first-order valence-electron chi connectivity index (χ1n) is 8.11. The molecule has 0 aliphatic heterocycles. The van der Waals surface area contributed by atoms with E-state index in [1.54, 1.807) is 24.1 Å². The van der Waals surface area contributed by atoms with Crippen LogP contribution in [0.4, 0.5) is 5.69 Å². The van der Waals surface area contributed by atoms with Gasteiger partial charge in [-0.2, -0.15) is 0 Å². The fourth-order valence-electron chi connectivity index (χ4n) is 2.27. The minimum Gasteiger partial charge on any atom is -0.452 e. The summed E-state index contributed by atoms with van der Waals surface area (Å²) in [5.41, 5.74) is 3.63. The van der Waals surface area contributed by atoms with Crippen LogP contribution >= 0.6 is 0 Å². The number of anilines is 1. The van der Waals surface area contributed by atoms with Crippen LogP contribution in [0.5, 0.6) is 0 Å². The van der Waals surface area contributed by atoms with Gasteiger partial charge < -0.3 is 14.5 Å². The fourth-order valence-corrected chi connectivity index (χ4v) is 2.27. The highest BCUT2D eigenvalue weighted by atomic mass is 16.5. The van der Waals surface area contributed by atoms with Crippen molar-refractivity contribution in [2.75, 3.05) is 32.6 Å². The van der Waals surface area contributed by atoms with Crippen LogP contribution < -0.4 is 4.90 Å². The Hall–Kier alpha value is -2.82. The quantitative estimate of drug-likeness (QED) is 0.759. The number of likely N-dealkylation sites (N-methyl/N-ethyl adjacent to an activating group) is 1. The molecule has 0 saturated heterocycles. The molecule has 0 spiro atoms. The van der Waals surface area contributed by atoms with E-state index in [-0.39, 0.29) is 12.5 Å². The monoisotopic (exact) mass is 340 g/mol. The highest BCUT2D eigenvalue weighted by Crippen LogP contribution is 2.13. The van der Waals surface area contributed by atoms with E-state index in [1.165, 1.54) is 5.56 Å². The van der Waals surface area contributed by atoms with Crippen LogP contribution in [0, 0.1) is 6.92 Å². The summed E-state index contributed by atoms with van der Waals surface area (Å²) in [6, 6.07) is 15.0. The van der Waals surface area contributed by atoms with Crippen molar-refractivity contribution in [2.24, 2.45) is 0 Å². The zero-order chi connectivity index (χ0) is 18.4. The Kier molecular flexibility index (Phi) is 6.17. The molecule has 2 aromatic carbocycles. The summed E-state index contributed by atoms with van der Waals surface area (Å²) in [5.74, 6) is -0.735. The first-order chi connectivity index (χ1) is 11.9. The van der Waals surface area contributed by atoms with Gasteiger partial charge in [0.2, 0.25) is 0 Å². The number of amides is 1. The Morgan fingerprint density at radius 2 is 1.52 bits per heavy atom. The Bertz CT molecular complexity index is 722. The summed E-state index contributed by atoms with van der Waals surface area (Å²) in [6.45, 7) is 2.23. The van der Waals surface area contributed by atoms with Crippen LogP contribution in [0.15, 0.2) is 48.5 Å². The second-order valence-corrected chi connectivity index (χ2v) is 6.25. The van der Waals surface area contributed by atoms with Gasteiger partial charge in [-0.1, -0.05) is 29.8 Å². The predicted molar refractivity (Wildman–Crippen MR) is 98.7 cm³/mol. The first kappa shape index (κ1) is 18.5. The van der Waals surface area contributed by atoms with Crippen LogP contribution in [0.1, 0.15) is 21.5 Å². The molecule has 132 valence electrons. The molecule has 5 heteroatoms. The normalized spacial score (nSPS) is 10.2. The van der Waals surface area contributed by atoms with E-state index in [0.717, 1.165) is 11.3 Å². The van der Waals surface area contributed by atoms with Crippen molar-refractivity contribution in [1.82, 2.24) is 4.90 Å². The number of hydrogen-bond donors (Lipinski definition) is 0. The average Bonchev–Trinajstić information content (AvgIpc) is 2.61. The number of esters is 1. The molecule has 0 bridgehead atoms. The smallest absolute Gasteiger partial charge is 0.338 e. The average molecular weight is 340 g/mol. The van der Waals surface area contributed by atoms with Gasteiger partial charge in [-0.25, -0.2) is 4.79 Å². The lowest BCUT2D eigenvalue weighted by Crippen LogP contribution is -2.30. The Labute approximate surface area is 148 Å². The molecule has 0 heterocycles. The van der Waals surface area contributed by atoms with Gasteiger partial charge in [-0.15, -0.1) is 0 Å². The Morgan fingerprint density at radius 1 is 0.920 bits per heavy atom. The summed E-state index contributed by atoms with van der Waals surface area (Å²) >= 11 is 0. The van der Waals surface area contributed by atoms with Gasteiger partial charge in [0.25, 0.3) is 5.91 Å². The summed E-state index contributed by atoms with van der Waals surface area (Å²) in [4.78, 5) is 27.7. The standard InChI is InChI=1S/C20H24N2O3/c1-15-5-7-16(8-6-15)13-22(4)19(23)14-25-20(24)17-9-11-18(12-10-17)21(2)3/h5-12H,13-14H2,1-4H3. The third kappa shape index (κ3) is 5.35. The first-order valence-corrected chi connectivity index (χ1v) is 8.11. The van der Waals surface area contributed by atoms with E-state index in [0.29, 0.717) is 12.1 Å². The van der Waals surface area contributed by atoms with Gasteiger partial charge in [0.05, 0.1) is 5.56 Å². The largest absolute Gasteiger partial charge is 0.452 e. The van der Waals surface area contributed by atoms with E-state index in [9.17, 15) is 9.59 Å². The highest BCUT2D eigenvalue weighted by molar-refractivity contribution is 5.91. The fraction of sp³-hybridized carbons (Fsp3) is 0.300. The van der Waals surface area contributed by atoms with Crippen molar-refractivity contribution in [3.63, 3.8) is 0 Å². The van der Waals surface area contributed by atoms with Gasteiger partial charge in [-0.3, -0.25) is 4.79 Å². The molecule has 0 aliphatic rings. The molecule has 5 nitrogen and oxygen atoms in total. The molecule has 0 aliphatic carbocycles. The number of ether oxygens (including phenoxy) is 1. The van der Waals surface area contributed by atoms with Crippen molar-refractivity contribution in [1.29, 1.82) is 0 Å². The minimum atomic E-state index is -0.498. The molecule has 0 fully saturated rings. The number of carbonyl (C=O) groups excluding carboxylic acids is 2. The molecule has 25 heavy (non-hydrogen) atoms. The van der Waals surface area contributed by atoms with Crippen molar-refractivity contribution in [2.45, 2.75) is 13.5 Å². The number of carbonyl (C=O) groups is 2. The maximum Gasteiger partial charge on any atom is 0.338 e. The van der Waals surface area contributed by atoms with E-state index < -0.39 is 5.97 Å². The van der Waals surface area contributed by atoms with Crippen molar-refractivity contribution in [3.8, 4) is 0 Å². The Balaban J connectivity index is 1.85. The van der Waals surface area contributed by atoms with Crippen LogP contribution in [-0.2, 0) is 16.1 Å². The van der Waals surface area contributed by atoms with Gasteiger partial charge in [-0.05, 0) is 36.8 Å². The third-order valence-electron chi connectivity index (χ3n) is 3.91. The van der Waals surface area contributed by atoms with Gasteiger partial charge in [0.1, 0.15) is 0 Å². The summed E-state index contributed by atoms with van der Waals surface area (Å²) in [6.07, 6.45) is 0. The van der Waals surface area contributed by atoms with E-state index in [1.807, 2.05) is 62.3 Å². The number of aryl methyl sites for hydroxylation is 1. The molecule has 1 amide bonds. The molecule has 0 N–H and O–H groups in total. The molecular formula is C20H24N2O3. The molecule has 0 atom stereocenters. The molecule has 0 radical (unpaired) electrons. The number of rotatable bonds is 6. The lowest BCUT2D eigenvalue weighted by atomic mass is 10.1. The van der Waals surface area contributed by atoms with E-state index in [2.05, 4.69) is 0 Å². The maximum absolute atomic E-state index is 12.1. The maximum atomic E-state index is 12.1. The molecule has 0 unspecified atom stereocenters. The zero-order valence-corrected chi connectivity index (χ0v) is 15.2. The number of benzene rings is 2. The second-order valence-electron chi connectivity index (χ2n) is 6.25. The third-order valence-corrected chi connectivity index (χ3v) is 3.91. The summed E-state index contributed by atoms with van der Waals surface area (Å²) < 4.78 is 5.12. The molecule has 2 aromatic rings. The Morgan fingerprint density at radius 3 is 2.08 bits per heavy atom. The van der Waals surface area contributed by atoms with Crippen LogP contribution in [0.2, 0.25) is 0 Å². The number of hydrogen-bond acceptors (Lipinski definition) is 4. The predicted octanol–water partition coefficient (Wildman–Crippen LogP) is 2.88. The van der Waals surface area contributed by atoms with E-state index in [4.69, 9.17) is 4.74 Å². The molecular weight excluding hydrogens is 316 g/mol. The van der Waals surface area contributed by atoms with Crippen LogP contribution in [0.25, 0.3) is 0 Å². The van der Waals surface area contributed by atoms with Gasteiger partial charge in [0.15, 0.2) is 6.61 Å². The van der Waals surface area contributed by atoms with Crippen LogP contribution in [-0.4, -0.2) is 44.5 Å². The molecule has 0 saturated carbocycles. The summed E-state index contributed by atoms with van der Waals surface area (Å²) in [7, 11) is 5.55. The zero-order valence-electron chi connectivity index (χ0n) is 15.2. The molecule has 2 rings (SSSR count). The second kappa shape index (κ2) is 8.33. The van der Waals surface area contributed by atoms with E-state index >= 15 is 0 Å². The molecule has 0 aromatic heterocycles. The lowest BCUT2D eigenvalue weighted by molar-refractivity contribution is -0.133. The SMILES string of the molecule is Cc1ccc(CN(C)C(=O)COC(=O)c2ccc(N(C)C)cc2)cc1. The topological polar surface area (TPSA) is 49.9 Å². The van der Waals surface area contributed by atoms with Crippen molar-refractivity contribution < 1.29 is 14.3 Å². The number of nitrogens with zero attached hydrogens (tertiary/aromatic N) is 2. The van der Waals surface area contributed by atoms with Gasteiger partial charge in [0, 0.05) is 33.4 Å². The van der Waals surface area contributed by atoms with Crippen LogP contribution in [0.3, 0.4) is 0 Å². The van der Waals surface area contributed by atoms with Gasteiger partial charge >= 0.3 is 5.97 Å². The summed E-state index contributed by atoms with van der Waals surface area (Å²) in [5, 5.41) is 0.